The number of aromatic nitrogens is 2. The average Bonchev–Trinajstić information content (AvgIpc) is 3.22. The van der Waals surface area contributed by atoms with Gasteiger partial charge in [0.05, 0.1) is 27.5 Å². The number of hydrogen-bond donors (Lipinski definition) is 0. The molecule has 0 N–H and O–H groups in total. The lowest BCUT2D eigenvalue weighted by Crippen LogP contribution is -2.23. The molecule has 1 aliphatic carbocycles. The Morgan fingerprint density at radius 1 is 1.23 bits per heavy atom. The van der Waals surface area contributed by atoms with Gasteiger partial charge in [-0.3, -0.25) is 4.68 Å². The maximum Gasteiger partial charge on any atom is 0.417 e. The predicted molar refractivity (Wildman–Crippen MR) is 89.3 cm³/mol. The molecule has 1 aliphatic rings. The Kier molecular flexibility index (Phi) is 4.87. The van der Waals surface area contributed by atoms with Gasteiger partial charge in [0.2, 0.25) is 0 Å². The van der Waals surface area contributed by atoms with Crippen molar-refractivity contribution in [1.82, 2.24) is 9.78 Å². The van der Waals surface area contributed by atoms with Crippen LogP contribution in [0, 0.1) is 0 Å². The van der Waals surface area contributed by atoms with Gasteiger partial charge in [-0.05, 0) is 37.5 Å². The number of rotatable bonds is 4. The van der Waals surface area contributed by atoms with Crippen LogP contribution in [0.2, 0.25) is 0 Å². The first kappa shape index (κ1) is 18.9. The molecule has 26 heavy (non-hydrogen) atoms. The molecule has 0 spiro atoms. The summed E-state index contributed by atoms with van der Waals surface area (Å²) in [6.07, 6.45) is -2.53. The Bertz CT molecular complexity index is 906. The summed E-state index contributed by atoms with van der Waals surface area (Å²) in [5, 5.41) is 3.08. The fourth-order valence-corrected chi connectivity index (χ4v) is 5.40. The van der Waals surface area contributed by atoms with E-state index in [2.05, 4.69) is 5.10 Å². The molecule has 0 amide bonds. The molecule has 2 aromatic rings. The van der Waals surface area contributed by atoms with E-state index >= 15 is 0 Å². The normalized spacial score (nSPS) is 21.3. The molecule has 0 unspecified atom stereocenters. The molecule has 0 aliphatic heterocycles. The van der Waals surface area contributed by atoms with Gasteiger partial charge in [-0.15, -0.1) is 0 Å². The number of aryl methyl sites for hydroxylation is 1. The lowest BCUT2D eigenvalue weighted by Gasteiger charge is -2.18. The van der Waals surface area contributed by atoms with Crippen molar-refractivity contribution in [1.29, 1.82) is 0 Å². The largest absolute Gasteiger partial charge is 0.417 e. The van der Waals surface area contributed by atoms with E-state index in [-0.39, 0.29) is 18.1 Å². The third-order valence-corrected chi connectivity index (χ3v) is 7.09. The molecule has 9 heteroatoms. The standard InChI is InChI=1S/C17H19F3N2O3S/c1-22-15(7-8-21-22)11-3-6-16(14(9-11)17(18,19)20)26(23,24)13-5-4-12(10-13)25-2/h3,6-9,12-13H,4-5,10H2,1-2H3/t12-,13-/m0/s1. The fraction of sp³-hybridized carbons (Fsp3) is 0.471. The minimum atomic E-state index is -4.78. The summed E-state index contributed by atoms with van der Waals surface area (Å²) in [5.41, 5.74) is -0.408. The van der Waals surface area contributed by atoms with Crippen LogP contribution in [0.25, 0.3) is 11.3 Å². The summed E-state index contributed by atoms with van der Waals surface area (Å²) in [6.45, 7) is 0. The van der Waals surface area contributed by atoms with E-state index in [9.17, 15) is 21.6 Å². The topological polar surface area (TPSA) is 61.2 Å². The quantitative estimate of drug-likeness (QED) is 0.805. The van der Waals surface area contributed by atoms with Crippen molar-refractivity contribution in [3.05, 3.63) is 36.0 Å². The van der Waals surface area contributed by atoms with Gasteiger partial charge < -0.3 is 4.74 Å². The molecule has 1 heterocycles. The summed E-state index contributed by atoms with van der Waals surface area (Å²) in [5.74, 6) is 0. The van der Waals surface area contributed by atoms with Crippen LogP contribution in [-0.4, -0.2) is 36.7 Å². The molecular weight excluding hydrogens is 369 g/mol. The maximum absolute atomic E-state index is 13.6. The molecule has 0 saturated heterocycles. The Morgan fingerprint density at radius 2 is 1.96 bits per heavy atom. The van der Waals surface area contributed by atoms with Crippen molar-refractivity contribution in [3.8, 4) is 11.3 Å². The van der Waals surface area contributed by atoms with E-state index in [0.29, 0.717) is 18.5 Å². The van der Waals surface area contributed by atoms with E-state index in [1.165, 1.54) is 24.1 Å². The Balaban J connectivity index is 2.08. The van der Waals surface area contributed by atoms with Gasteiger partial charge >= 0.3 is 6.18 Å². The van der Waals surface area contributed by atoms with Crippen LogP contribution in [0.4, 0.5) is 13.2 Å². The van der Waals surface area contributed by atoms with Crippen LogP contribution in [0.3, 0.4) is 0 Å². The molecule has 0 radical (unpaired) electrons. The Labute approximate surface area is 149 Å². The van der Waals surface area contributed by atoms with Gasteiger partial charge in [-0.25, -0.2) is 8.42 Å². The summed E-state index contributed by atoms with van der Waals surface area (Å²) < 4.78 is 73.2. The Hall–Kier alpha value is -1.87. The lowest BCUT2D eigenvalue weighted by molar-refractivity contribution is -0.139. The van der Waals surface area contributed by atoms with E-state index < -0.39 is 31.7 Å². The van der Waals surface area contributed by atoms with Crippen molar-refractivity contribution >= 4 is 9.84 Å². The molecule has 5 nitrogen and oxygen atoms in total. The van der Waals surface area contributed by atoms with Gasteiger partial charge in [-0.1, -0.05) is 6.07 Å². The Morgan fingerprint density at radius 3 is 2.50 bits per heavy atom. The lowest BCUT2D eigenvalue weighted by atomic mass is 10.1. The van der Waals surface area contributed by atoms with Crippen LogP contribution in [0.5, 0.6) is 0 Å². The van der Waals surface area contributed by atoms with E-state index in [0.717, 1.165) is 12.1 Å². The molecule has 142 valence electrons. The summed E-state index contributed by atoms with van der Waals surface area (Å²) in [4.78, 5) is -0.669. The van der Waals surface area contributed by atoms with Gasteiger partial charge in [0.1, 0.15) is 0 Å². The molecular formula is C17H19F3N2O3S. The number of sulfone groups is 1. The highest BCUT2D eigenvalue weighted by Gasteiger charge is 2.42. The number of hydrogen-bond acceptors (Lipinski definition) is 4. The van der Waals surface area contributed by atoms with Gasteiger partial charge in [0, 0.05) is 25.9 Å². The SMILES string of the molecule is CO[C@H]1CC[C@H](S(=O)(=O)c2ccc(-c3ccnn3C)cc2C(F)(F)F)C1. The monoisotopic (exact) mass is 388 g/mol. The van der Waals surface area contributed by atoms with E-state index in [1.807, 2.05) is 0 Å². The molecule has 2 atom stereocenters. The van der Waals surface area contributed by atoms with Crippen LogP contribution in [0.15, 0.2) is 35.4 Å². The number of methoxy groups -OCH3 is 1. The first-order chi connectivity index (χ1) is 12.1. The van der Waals surface area contributed by atoms with Crippen LogP contribution in [-0.2, 0) is 27.8 Å². The van der Waals surface area contributed by atoms with Gasteiger partial charge in [0.15, 0.2) is 9.84 Å². The zero-order chi connectivity index (χ0) is 19.1. The number of nitrogens with zero attached hydrogens (tertiary/aromatic N) is 2. The highest BCUT2D eigenvalue weighted by Crippen LogP contribution is 2.40. The minimum absolute atomic E-state index is 0.208. The molecule has 1 saturated carbocycles. The second-order valence-corrected chi connectivity index (χ2v) is 8.58. The molecule has 1 aromatic heterocycles. The van der Waals surface area contributed by atoms with Gasteiger partial charge in [-0.2, -0.15) is 18.3 Å². The molecule has 1 aromatic carbocycles. The third kappa shape index (κ3) is 3.37. The zero-order valence-corrected chi connectivity index (χ0v) is 15.1. The predicted octanol–water partition coefficient (Wildman–Crippen LogP) is 3.45. The second-order valence-electron chi connectivity index (χ2n) is 6.39. The van der Waals surface area contributed by atoms with E-state index in [1.54, 1.807) is 13.1 Å². The summed E-state index contributed by atoms with van der Waals surface area (Å²) in [6, 6.07) is 4.90. The fourth-order valence-electron chi connectivity index (χ4n) is 3.39. The molecule has 3 rings (SSSR count). The number of ether oxygens (including phenoxy) is 1. The van der Waals surface area contributed by atoms with Crippen molar-refractivity contribution in [2.45, 2.75) is 41.7 Å². The highest BCUT2D eigenvalue weighted by atomic mass is 32.2. The average molecular weight is 388 g/mol. The van der Waals surface area contributed by atoms with Crippen LogP contribution < -0.4 is 0 Å². The highest BCUT2D eigenvalue weighted by molar-refractivity contribution is 7.92. The second kappa shape index (κ2) is 6.70. The van der Waals surface area contributed by atoms with Crippen molar-refractivity contribution < 1.29 is 26.3 Å². The van der Waals surface area contributed by atoms with Gasteiger partial charge in [0.25, 0.3) is 0 Å². The molecule has 0 bridgehead atoms. The zero-order valence-electron chi connectivity index (χ0n) is 14.3. The first-order valence-corrected chi connectivity index (χ1v) is 9.65. The van der Waals surface area contributed by atoms with Crippen molar-refractivity contribution in [2.75, 3.05) is 7.11 Å². The number of alkyl halides is 3. The first-order valence-electron chi connectivity index (χ1n) is 8.11. The smallest absolute Gasteiger partial charge is 0.381 e. The van der Waals surface area contributed by atoms with Crippen molar-refractivity contribution in [3.63, 3.8) is 0 Å². The maximum atomic E-state index is 13.6. The number of benzene rings is 1. The molecule has 1 fully saturated rings. The van der Waals surface area contributed by atoms with Crippen molar-refractivity contribution in [2.24, 2.45) is 7.05 Å². The minimum Gasteiger partial charge on any atom is -0.381 e. The van der Waals surface area contributed by atoms with Crippen LogP contribution >= 0.6 is 0 Å². The summed E-state index contributed by atoms with van der Waals surface area (Å²) >= 11 is 0. The number of halogens is 3. The summed E-state index contributed by atoms with van der Waals surface area (Å²) in [7, 11) is -1.03. The van der Waals surface area contributed by atoms with E-state index in [4.69, 9.17) is 4.74 Å². The van der Waals surface area contributed by atoms with Crippen LogP contribution in [0.1, 0.15) is 24.8 Å². The third-order valence-electron chi connectivity index (χ3n) is 4.82.